The van der Waals surface area contributed by atoms with Gasteiger partial charge in [0.05, 0.1) is 10.8 Å². The molecule has 1 saturated heterocycles. The van der Waals surface area contributed by atoms with E-state index < -0.39 is 33.9 Å². The van der Waals surface area contributed by atoms with Gasteiger partial charge in [-0.15, -0.1) is 0 Å². The molecule has 1 aliphatic heterocycles. The van der Waals surface area contributed by atoms with Crippen LogP contribution >= 0.6 is 11.6 Å². The maximum absolute atomic E-state index is 12.9. The van der Waals surface area contributed by atoms with Crippen LogP contribution in [0.4, 0.5) is 0 Å². The molecule has 2 aromatic carbocycles. The summed E-state index contributed by atoms with van der Waals surface area (Å²) in [6.45, 7) is 5.80. The van der Waals surface area contributed by atoms with Crippen molar-refractivity contribution in [3.63, 3.8) is 0 Å². The molecule has 1 aliphatic rings. The second-order valence-corrected chi connectivity index (χ2v) is 10.5. The second kappa shape index (κ2) is 10.5. The summed E-state index contributed by atoms with van der Waals surface area (Å²) in [5.41, 5.74) is 6.77. The summed E-state index contributed by atoms with van der Waals surface area (Å²) in [6.07, 6.45) is 0.215. The third-order valence-electron chi connectivity index (χ3n) is 5.74. The molecule has 0 saturated carbocycles. The number of halogens is 1. The van der Waals surface area contributed by atoms with Crippen LogP contribution in [-0.4, -0.2) is 43.7 Å². The number of amides is 2. The SMILES string of the molecule is Cc1cccc(OC(C)C(=O)NNC(=O)C2CCCN(S(=O)(=O)c3ccc(Cl)cc3)C2)c1C. The Hall–Kier alpha value is -2.62. The quantitative estimate of drug-likeness (QED) is 0.602. The van der Waals surface area contributed by atoms with Crippen molar-refractivity contribution in [3.8, 4) is 5.75 Å². The van der Waals surface area contributed by atoms with Crippen molar-refractivity contribution in [1.82, 2.24) is 15.2 Å². The van der Waals surface area contributed by atoms with Gasteiger partial charge in [0.25, 0.3) is 5.91 Å². The van der Waals surface area contributed by atoms with Crippen molar-refractivity contribution in [2.45, 2.75) is 44.6 Å². The predicted molar refractivity (Wildman–Crippen MR) is 125 cm³/mol. The van der Waals surface area contributed by atoms with Gasteiger partial charge in [0.15, 0.2) is 6.10 Å². The zero-order chi connectivity index (χ0) is 24.2. The van der Waals surface area contributed by atoms with Crippen molar-refractivity contribution < 1.29 is 22.7 Å². The van der Waals surface area contributed by atoms with E-state index in [0.29, 0.717) is 30.2 Å². The van der Waals surface area contributed by atoms with E-state index in [0.717, 1.165) is 11.1 Å². The molecule has 2 amide bonds. The first-order chi connectivity index (χ1) is 15.6. The van der Waals surface area contributed by atoms with Gasteiger partial charge in [-0.25, -0.2) is 8.42 Å². The number of benzene rings is 2. The highest BCUT2D eigenvalue weighted by molar-refractivity contribution is 7.89. The molecular formula is C23H28ClN3O5S. The number of carbonyl (C=O) groups is 2. The van der Waals surface area contributed by atoms with Crippen LogP contribution in [-0.2, 0) is 19.6 Å². The van der Waals surface area contributed by atoms with E-state index in [1.807, 2.05) is 26.0 Å². The van der Waals surface area contributed by atoms with Crippen LogP contribution in [0, 0.1) is 19.8 Å². The first kappa shape index (κ1) is 25.0. The minimum atomic E-state index is -3.74. The van der Waals surface area contributed by atoms with E-state index >= 15 is 0 Å². The Labute approximate surface area is 199 Å². The van der Waals surface area contributed by atoms with E-state index in [9.17, 15) is 18.0 Å². The van der Waals surface area contributed by atoms with Gasteiger partial charge in [-0.2, -0.15) is 4.31 Å². The van der Waals surface area contributed by atoms with Crippen LogP contribution in [0.5, 0.6) is 5.75 Å². The number of hydrazine groups is 1. The van der Waals surface area contributed by atoms with Crippen LogP contribution in [0.25, 0.3) is 0 Å². The van der Waals surface area contributed by atoms with Crippen LogP contribution in [0.1, 0.15) is 30.9 Å². The van der Waals surface area contributed by atoms with Crippen LogP contribution < -0.4 is 15.6 Å². The second-order valence-electron chi connectivity index (χ2n) is 8.09. The number of ether oxygens (including phenoxy) is 1. The van der Waals surface area contributed by atoms with Crippen LogP contribution in [0.3, 0.4) is 0 Å². The molecule has 0 aromatic heterocycles. The van der Waals surface area contributed by atoms with E-state index in [2.05, 4.69) is 10.9 Å². The number of rotatable bonds is 6. The molecule has 2 atom stereocenters. The van der Waals surface area contributed by atoms with Gasteiger partial charge in [-0.05, 0) is 75.1 Å². The lowest BCUT2D eigenvalue weighted by atomic mass is 9.99. The number of sulfonamides is 1. The maximum atomic E-state index is 12.9. The fourth-order valence-electron chi connectivity index (χ4n) is 3.55. The molecule has 178 valence electrons. The zero-order valence-electron chi connectivity index (χ0n) is 18.8. The third kappa shape index (κ3) is 6.04. The molecule has 33 heavy (non-hydrogen) atoms. The summed E-state index contributed by atoms with van der Waals surface area (Å²) in [5, 5.41) is 0.441. The molecule has 2 aromatic rings. The molecule has 1 heterocycles. The molecule has 2 N–H and O–H groups in total. The Morgan fingerprint density at radius 1 is 1.12 bits per heavy atom. The number of hydrogen-bond acceptors (Lipinski definition) is 5. The number of nitrogens with zero attached hydrogens (tertiary/aromatic N) is 1. The Morgan fingerprint density at radius 3 is 2.52 bits per heavy atom. The molecule has 0 radical (unpaired) electrons. The molecular weight excluding hydrogens is 466 g/mol. The summed E-state index contributed by atoms with van der Waals surface area (Å²) in [7, 11) is -3.74. The lowest BCUT2D eigenvalue weighted by molar-refractivity contribution is -0.134. The number of nitrogens with one attached hydrogen (secondary N) is 2. The summed E-state index contributed by atoms with van der Waals surface area (Å²) in [6, 6.07) is 11.5. The Kier molecular flexibility index (Phi) is 7.99. The van der Waals surface area contributed by atoms with Gasteiger partial charge in [0, 0.05) is 18.1 Å². The summed E-state index contributed by atoms with van der Waals surface area (Å²) >= 11 is 5.85. The Bertz CT molecular complexity index is 1120. The topological polar surface area (TPSA) is 105 Å². The van der Waals surface area contributed by atoms with E-state index in [1.165, 1.54) is 28.6 Å². The first-order valence-corrected chi connectivity index (χ1v) is 12.5. The van der Waals surface area contributed by atoms with Gasteiger partial charge < -0.3 is 4.74 Å². The fourth-order valence-corrected chi connectivity index (χ4v) is 5.20. The smallest absolute Gasteiger partial charge is 0.279 e. The number of aryl methyl sites for hydroxylation is 1. The molecule has 0 aliphatic carbocycles. The zero-order valence-corrected chi connectivity index (χ0v) is 20.4. The maximum Gasteiger partial charge on any atom is 0.279 e. The van der Waals surface area contributed by atoms with Gasteiger partial charge in [-0.3, -0.25) is 20.4 Å². The number of piperidine rings is 1. The highest BCUT2D eigenvalue weighted by atomic mass is 35.5. The minimum absolute atomic E-state index is 0.0290. The van der Waals surface area contributed by atoms with Crippen molar-refractivity contribution in [2.24, 2.45) is 5.92 Å². The van der Waals surface area contributed by atoms with Gasteiger partial charge in [0.1, 0.15) is 5.75 Å². The molecule has 10 heteroatoms. The number of hydrogen-bond donors (Lipinski definition) is 2. The van der Waals surface area contributed by atoms with E-state index in [1.54, 1.807) is 13.0 Å². The van der Waals surface area contributed by atoms with Gasteiger partial charge in [-0.1, -0.05) is 23.7 Å². The molecule has 0 spiro atoms. The summed E-state index contributed by atoms with van der Waals surface area (Å²) in [5.74, 6) is -0.945. The Morgan fingerprint density at radius 2 is 1.82 bits per heavy atom. The highest BCUT2D eigenvalue weighted by Gasteiger charge is 2.33. The molecule has 0 bridgehead atoms. The van der Waals surface area contributed by atoms with Crippen molar-refractivity contribution in [3.05, 3.63) is 58.6 Å². The normalized spacial score (nSPS) is 17.8. The number of carbonyl (C=O) groups excluding carboxylic acids is 2. The lowest BCUT2D eigenvalue weighted by Gasteiger charge is -2.31. The van der Waals surface area contributed by atoms with E-state index in [4.69, 9.17) is 16.3 Å². The summed E-state index contributed by atoms with van der Waals surface area (Å²) in [4.78, 5) is 25.2. The standard InChI is InChI=1S/C23H28ClN3O5S/c1-15-6-4-8-21(16(15)2)32-17(3)22(28)25-26-23(29)18-7-5-13-27(14-18)33(30,31)20-11-9-19(24)10-12-20/h4,6,8-12,17-18H,5,7,13-14H2,1-3H3,(H,25,28)(H,26,29). The predicted octanol–water partition coefficient (Wildman–Crippen LogP) is 2.97. The van der Waals surface area contributed by atoms with Crippen LogP contribution in [0.15, 0.2) is 47.4 Å². The van der Waals surface area contributed by atoms with E-state index in [-0.39, 0.29) is 11.4 Å². The average Bonchev–Trinajstić information content (AvgIpc) is 2.80. The molecule has 2 unspecified atom stereocenters. The van der Waals surface area contributed by atoms with Crippen molar-refractivity contribution in [1.29, 1.82) is 0 Å². The molecule has 8 nitrogen and oxygen atoms in total. The van der Waals surface area contributed by atoms with Gasteiger partial charge >= 0.3 is 0 Å². The Balaban J connectivity index is 1.56. The molecule has 3 rings (SSSR count). The molecule has 1 fully saturated rings. The van der Waals surface area contributed by atoms with Crippen molar-refractivity contribution in [2.75, 3.05) is 13.1 Å². The monoisotopic (exact) mass is 493 g/mol. The largest absolute Gasteiger partial charge is 0.481 e. The van der Waals surface area contributed by atoms with Gasteiger partial charge in [0.2, 0.25) is 15.9 Å². The average molecular weight is 494 g/mol. The third-order valence-corrected chi connectivity index (χ3v) is 7.87. The summed E-state index contributed by atoms with van der Waals surface area (Å²) < 4.78 is 32.8. The lowest BCUT2D eigenvalue weighted by Crippen LogP contribution is -2.52. The first-order valence-electron chi connectivity index (χ1n) is 10.7. The minimum Gasteiger partial charge on any atom is -0.481 e. The highest BCUT2D eigenvalue weighted by Crippen LogP contribution is 2.25. The van der Waals surface area contributed by atoms with Crippen LogP contribution in [0.2, 0.25) is 5.02 Å². The van der Waals surface area contributed by atoms with Crippen molar-refractivity contribution >= 4 is 33.4 Å². The fraction of sp³-hybridized carbons (Fsp3) is 0.391.